The van der Waals surface area contributed by atoms with Crippen molar-refractivity contribution >= 4 is 29.6 Å². The molecular weight excluding hydrogens is 399 g/mol. The van der Waals surface area contributed by atoms with Crippen molar-refractivity contribution in [2.75, 3.05) is 5.75 Å². The third-order valence-electron chi connectivity index (χ3n) is 4.78. The number of carbonyl (C=O) groups is 3. The van der Waals surface area contributed by atoms with Crippen LogP contribution in [0.3, 0.4) is 0 Å². The molecule has 152 valence electrons. The lowest BCUT2D eigenvalue weighted by molar-refractivity contribution is -0.141. The highest BCUT2D eigenvalue weighted by atomic mass is 32.2. The number of alkyl halides is 3. The van der Waals surface area contributed by atoms with Crippen molar-refractivity contribution in [3.05, 3.63) is 18.0 Å². The molecule has 8 nitrogen and oxygen atoms in total. The number of nitrogens with zero attached hydrogens (tertiary/aromatic N) is 3. The quantitative estimate of drug-likeness (QED) is 0.442. The first-order valence-electron chi connectivity index (χ1n) is 8.60. The van der Waals surface area contributed by atoms with Gasteiger partial charge in [-0.15, -0.1) is 0 Å². The van der Waals surface area contributed by atoms with E-state index in [1.54, 1.807) is 0 Å². The van der Waals surface area contributed by atoms with Crippen LogP contribution in [0, 0.1) is 5.92 Å². The number of urea groups is 1. The zero-order valence-corrected chi connectivity index (χ0v) is 15.7. The molecule has 1 aliphatic heterocycles. The molecule has 1 aromatic heterocycles. The minimum absolute atomic E-state index is 0.236. The smallest absolute Gasteiger partial charge is 0.322 e. The van der Waals surface area contributed by atoms with Crippen LogP contribution in [0.5, 0.6) is 0 Å². The monoisotopic (exact) mass is 417 g/mol. The predicted molar refractivity (Wildman–Crippen MR) is 91.6 cm³/mol. The van der Waals surface area contributed by atoms with E-state index in [9.17, 15) is 27.6 Å². The summed E-state index contributed by atoms with van der Waals surface area (Å²) in [4.78, 5) is 43.9. The van der Waals surface area contributed by atoms with Gasteiger partial charge in [-0.3, -0.25) is 15.0 Å². The molecule has 0 atom stereocenters. The van der Waals surface area contributed by atoms with E-state index in [2.05, 4.69) is 27.6 Å². The third-order valence-corrected chi connectivity index (χ3v) is 5.64. The molecule has 2 aliphatic rings. The maximum absolute atomic E-state index is 12.7. The van der Waals surface area contributed by atoms with Crippen LogP contribution < -0.4 is 10.7 Å². The summed E-state index contributed by atoms with van der Waals surface area (Å²) >= 11 is 0.668. The second-order valence-electron chi connectivity index (χ2n) is 6.88. The van der Waals surface area contributed by atoms with Crippen LogP contribution in [0.2, 0.25) is 0 Å². The van der Waals surface area contributed by atoms with Gasteiger partial charge in [-0.1, -0.05) is 18.7 Å². The van der Waals surface area contributed by atoms with Crippen LogP contribution in [0.1, 0.15) is 38.3 Å². The molecule has 1 aliphatic carbocycles. The summed E-state index contributed by atoms with van der Waals surface area (Å²) in [5.41, 5.74) is 0.101. The lowest BCUT2D eigenvalue weighted by Crippen LogP contribution is -2.51. The van der Waals surface area contributed by atoms with Crippen LogP contribution in [-0.2, 0) is 15.8 Å². The molecule has 0 aromatic carbocycles. The van der Waals surface area contributed by atoms with Gasteiger partial charge >= 0.3 is 12.2 Å². The van der Waals surface area contributed by atoms with E-state index < -0.39 is 35.3 Å². The molecule has 0 unspecified atom stereocenters. The molecule has 0 radical (unpaired) electrons. The number of hydrogen-bond acceptors (Lipinski definition) is 6. The predicted octanol–water partition coefficient (Wildman–Crippen LogP) is 2.12. The Balaban J connectivity index is 1.58. The maximum atomic E-state index is 12.7. The van der Waals surface area contributed by atoms with E-state index in [0.717, 1.165) is 25.1 Å². The average Bonchev–Trinajstić information content (AvgIpc) is 2.86. The van der Waals surface area contributed by atoms with E-state index in [1.807, 2.05) is 0 Å². The molecule has 3 rings (SSSR count). The fourth-order valence-electron chi connectivity index (χ4n) is 3.17. The number of thioether (sulfide) groups is 1. The van der Waals surface area contributed by atoms with Crippen molar-refractivity contribution in [3.8, 4) is 0 Å². The van der Waals surface area contributed by atoms with Crippen LogP contribution in [0.25, 0.3) is 0 Å². The average molecular weight is 417 g/mol. The molecule has 1 spiro atoms. The van der Waals surface area contributed by atoms with Crippen LogP contribution in [-0.4, -0.2) is 44.1 Å². The van der Waals surface area contributed by atoms with Crippen molar-refractivity contribution < 1.29 is 27.6 Å². The Kier molecular flexibility index (Phi) is 5.50. The van der Waals surface area contributed by atoms with E-state index in [-0.39, 0.29) is 10.9 Å². The van der Waals surface area contributed by atoms with Crippen LogP contribution in [0.15, 0.2) is 17.4 Å². The van der Waals surface area contributed by atoms with Gasteiger partial charge < -0.3 is 5.32 Å². The van der Waals surface area contributed by atoms with Crippen molar-refractivity contribution in [2.45, 2.75) is 49.5 Å². The Labute approximate surface area is 162 Å². The number of halogens is 3. The van der Waals surface area contributed by atoms with E-state index in [4.69, 9.17) is 0 Å². The summed E-state index contributed by atoms with van der Waals surface area (Å²) in [5.74, 6) is -1.14. The van der Waals surface area contributed by atoms with E-state index in [1.165, 1.54) is 0 Å². The van der Waals surface area contributed by atoms with Crippen molar-refractivity contribution in [3.63, 3.8) is 0 Å². The SMILES string of the molecule is CC1CCC2(CC1)NC(=O)N(NC(=O)CSc1nccc(C(F)(F)F)n1)C2=O. The van der Waals surface area contributed by atoms with Crippen molar-refractivity contribution in [2.24, 2.45) is 5.92 Å². The molecule has 28 heavy (non-hydrogen) atoms. The lowest BCUT2D eigenvalue weighted by Gasteiger charge is -2.33. The minimum atomic E-state index is -4.62. The molecule has 12 heteroatoms. The lowest BCUT2D eigenvalue weighted by atomic mass is 9.77. The molecular formula is C16H18F3N5O3S. The highest BCUT2D eigenvalue weighted by molar-refractivity contribution is 7.99. The summed E-state index contributed by atoms with van der Waals surface area (Å²) in [5, 5.41) is 3.07. The van der Waals surface area contributed by atoms with Crippen LogP contribution in [0.4, 0.5) is 18.0 Å². The summed E-state index contributed by atoms with van der Waals surface area (Å²) in [6.45, 7) is 2.07. The second kappa shape index (κ2) is 7.57. The van der Waals surface area contributed by atoms with Gasteiger partial charge in [-0.05, 0) is 37.7 Å². The Bertz CT molecular complexity index is 796. The highest BCUT2D eigenvalue weighted by Crippen LogP contribution is 2.35. The topological polar surface area (TPSA) is 104 Å². The van der Waals surface area contributed by atoms with Gasteiger partial charge in [0.1, 0.15) is 11.2 Å². The zero-order chi connectivity index (χ0) is 20.5. The summed E-state index contributed by atoms with van der Waals surface area (Å²) in [6.07, 6.45) is -1.10. The Morgan fingerprint density at radius 2 is 2.07 bits per heavy atom. The van der Waals surface area contributed by atoms with E-state index in [0.29, 0.717) is 35.5 Å². The molecule has 1 saturated heterocycles. The first kappa shape index (κ1) is 20.4. The van der Waals surface area contributed by atoms with Gasteiger partial charge in [-0.25, -0.2) is 14.8 Å². The fourth-order valence-corrected chi connectivity index (χ4v) is 3.79. The first-order valence-corrected chi connectivity index (χ1v) is 9.58. The number of amides is 4. The maximum Gasteiger partial charge on any atom is 0.433 e. The summed E-state index contributed by atoms with van der Waals surface area (Å²) in [7, 11) is 0. The molecule has 0 bridgehead atoms. The largest absolute Gasteiger partial charge is 0.433 e. The zero-order valence-electron chi connectivity index (χ0n) is 14.9. The third kappa shape index (κ3) is 4.21. The van der Waals surface area contributed by atoms with Gasteiger partial charge in [0.25, 0.3) is 5.91 Å². The second-order valence-corrected chi connectivity index (χ2v) is 7.82. The van der Waals surface area contributed by atoms with Gasteiger partial charge in [0.2, 0.25) is 5.91 Å². The number of imide groups is 1. The van der Waals surface area contributed by atoms with Gasteiger partial charge in [0, 0.05) is 6.20 Å². The number of rotatable bonds is 4. The standard InChI is InChI=1S/C16H18F3N5O3S/c1-9-2-5-15(6-3-9)12(26)24(14(27)22-15)23-11(25)8-28-13-20-7-4-10(21-13)16(17,18)19/h4,7,9H,2-3,5-6,8H2,1H3,(H,22,27)(H,23,25). The fraction of sp³-hybridized carbons (Fsp3) is 0.562. The Morgan fingerprint density at radius 3 is 2.71 bits per heavy atom. The number of hydrogen-bond donors (Lipinski definition) is 2. The number of hydrazine groups is 1. The molecule has 2 fully saturated rings. The molecule has 2 heterocycles. The molecule has 2 N–H and O–H groups in total. The highest BCUT2D eigenvalue weighted by Gasteiger charge is 2.52. The Hall–Kier alpha value is -2.37. The normalized spacial score (nSPS) is 25.1. The minimum Gasteiger partial charge on any atom is -0.322 e. The molecule has 1 aromatic rings. The van der Waals surface area contributed by atoms with Gasteiger partial charge in [-0.2, -0.15) is 18.2 Å². The number of carbonyl (C=O) groups excluding carboxylic acids is 3. The van der Waals surface area contributed by atoms with Gasteiger partial charge in [0.15, 0.2) is 5.16 Å². The van der Waals surface area contributed by atoms with Crippen molar-refractivity contribution in [1.29, 1.82) is 0 Å². The first-order chi connectivity index (χ1) is 13.1. The molecule has 4 amide bonds. The van der Waals surface area contributed by atoms with E-state index >= 15 is 0 Å². The Morgan fingerprint density at radius 1 is 1.39 bits per heavy atom. The van der Waals surface area contributed by atoms with Gasteiger partial charge in [0.05, 0.1) is 5.75 Å². The van der Waals surface area contributed by atoms with Crippen molar-refractivity contribution in [1.82, 2.24) is 25.7 Å². The molecule has 1 saturated carbocycles. The number of aromatic nitrogens is 2. The number of nitrogens with one attached hydrogen (secondary N) is 2. The van der Waals surface area contributed by atoms with Crippen LogP contribution >= 0.6 is 11.8 Å². The summed E-state index contributed by atoms with van der Waals surface area (Å²) < 4.78 is 38.0. The summed E-state index contributed by atoms with van der Waals surface area (Å²) in [6, 6.07) is 0.00944.